The van der Waals surface area contributed by atoms with Crippen LogP contribution < -0.4 is 10.9 Å². The summed E-state index contributed by atoms with van der Waals surface area (Å²) in [6.07, 6.45) is -1.72. The Morgan fingerprint density at radius 1 is 1.06 bits per heavy atom. The molecular formula is C22H17F3N4O2. The quantitative estimate of drug-likeness (QED) is 0.534. The second kappa shape index (κ2) is 7.75. The molecule has 0 bridgehead atoms. The van der Waals surface area contributed by atoms with E-state index in [0.29, 0.717) is 5.69 Å². The summed E-state index contributed by atoms with van der Waals surface area (Å²) in [5, 5.41) is 6.61. The van der Waals surface area contributed by atoms with Gasteiger partial charge in [0.15, 0.2) is 0 Å². The zero-order valence-corrected chi connectivity index (χ0v) is 16.3. The van der Waals surface area contributed by atoms with Gasteiger partial charge in [0.05, 0.1) is 16.9 Å². The van der Waals surface area contributed by atoms with Crippen LogP contribution in [0.2, 0.25) is 0 Å². The highest BCUT2D eigenvalue weighted by molar-refractivity contribution is 5.91. The number of carbonyl (C=O) groups excluding carboxylic acids is 1. The number of carbonyl (C=O) groups is 1. The molecule has 0 aliphatic rings. The van der Waals surface area contributed by atoms with Crippen LogP contribution in [0.25, 0.3) is 16.8 Å². The first-order chi connectivity index (χ1) is 14.7. The van der Waals surface area contributed by atoms with Crippen LogP contribution in [0, 0.1) is 6.92 Å². The maximum Gasteiger partial charge on any atom is 0.418 e. The van der Waals surface area contributed by atoms with Crippen LogP contribution in [0.3, 0.4) is 0 Å². The number of alkyl halides is 3. The second-order valence-electron chi connectivity index (χ2n) is 7.05. The van der Waals surface area contributed by atoms with Gasteiger partial charge in [0.1, 0.15) is 12.1 Å². The van der Waals surface area contributed by atoms with E-state index in [0.717, 1.165) is 27.8 Å². The van der Waals surface area contributed by atoms with Gasteiger partial charge < -0.3 is 9.88 Å². The number of fused-ring (bicyclic) bond motifs is 1. The molecular weight excluding hydrogens is 409 g/mol. The summed E-state index contributed by atoms with van der Waals surface area (Å²) in [6.45, 7) is 1.52. The minimum atomic E-state index is -4.61. The van der Waals surface area contributed by atoms with E-state index in [1.54, 1.807) is 6.07 Å². The van der Waals surface area contributed by atoms with E-state index < -0.39 is 29.8 Å². The molecule has 0 spiro atoms. The number of aromatic nitrogens is 3. The number of halogens is 3. The van der Waals surface area contributed by atoms with Crippen molar-refractivity contribution in [1.29, 1.82) is 0 Å². The van der Waals surface area contributed by atoms with Gasteiger partial charge in [0.25, 0.3) is 5.56 Å². The number of amides is 1. The van der Waals surface area contributed by atoms with Gasteiger partial charge in [0, 0.05) is 18.0 Å². The fourth-order valence-corrected chi connectivity index (χ4v) is 3.20. The van der Waals surface area contributed by atoms with Crippen LogP contribution in [0.5, 0.6) is 0 Å². The van der Waals surface area contributed by atoms with Gasteiger partial charge in [-0.2, -0.15) is 18.3 Å². The lowest BCUT2D eigenvalue weighted by Gasteiger charge is -2.14. The van der Waals surface area contributed by atoms with E-state index in [9.17, 15) is 22.8 Å². The molecule has 9 heteroatoms. The average molecular weight is 426 g/mol. The van der Waals surface area contributed by atoms with Crippen molar-refractivity contribution in [3.05, 3.63) is 88.5 Å². The van der Waals surface area contributed by atoms with E-state index >= 15 is 0 Å². The Kier molecular flexibility index (Phi) is 5.10. The van der Waals surface area contributed by atoms with Gasteiger partial charge in [-0.3, -0.25) is 9.59 Å². The molecule has 4 rings (SSSR count). The number of hydrogen-bond acceptors (Lipinski definition) is 3. The number of benzene rings is 2. The lowest BCUT2D eigenvalue weighted by atomic mass is 10.1. The lowest BCUT2D eigenvalue weighted by molar-refractivity contribution is -0.137. The van der Waals surface area contributed by atoms with E-state index in [2.05, 4.69) is 10.4 Å². The Labute approximate surface area is 174 Å². The lowest BCUT2D eigenvalue weighted by Crippen LogP contribution is -2.28. The van der Waals surface area contributed by atoms with Gasteiger partial charge in [-0.05, 0) is 25.1 Å². The van der Waals surface area contributed by atoms with Crippen LogP contribution in [0.4, 0.5) is 18.9 Å². The van der Waals surface area contributed by atoms with Crippen molar-refractivity contribution in [2.24, 2.45) is 0 Å². The summed E-state index contributed by atoms with van der Waals surface area (Å²) in [5.41, 5.74) is 0.979. The molecule has 0 saturated heterocycles. The van der Waals surface area contributed by atoms with E-state index in [4.69, 9.17) is 0 Å². The molecule has 0 fully saturated rings. The molecule has 0 unspecified atom stereocenters. The number of aryl methyl sites for hydroxylation is 1. The standard InChI is InChI=1S/C22H17F3N4O2/c1-14-6-8-15(9-7-14)18-12-19-21(31)28(10-11-29(19)27-18)13-20(30)26-17-5-3-2-4-16(17)22(23,24)25/h2-12H,13H2,1H3,(H,26,30). The SMILES string of the molecule is Cc1ccc(-c2cc3c(=O)n(CC(=O)Nc4ccccc4C(F)(F)F)ccn3n2)cc1. The molecule has 0 saturated carbocycles. The van der Waals surface area contributed by atoms with E-state index in [1.807, 2.05) is 31.2 Å². The first-order valence-corrected chi connectivity index (χ1v) is 9.34. The summed E-state index contributed by atoms with van der Waals surface area (Å²) >= 11 is 0. The Balaban J connectivity index is 1.59. The Morgan fingerprint density at radius 3 is 2.48 bits per heavy atom. The van der Waals surface area contributed by atoms with Crippen molar-refractivity contribution >= 4 is 17.1 Å². The Hall–Kier alpha value is -3.88. The third kappa shape index (κ3) is 4.20. The predicted molar refractivity (Wildman–Crippen MR) is 110 cm³/mol. The molecule has 31 heavy (non-hydrogen) atoms. The summed E-state index contributed by atoms with van der Waals surface area (Å²) in [5.74, 6) is -0.749. The predicted octanol–water partition coefficient (Wildman–Crippen LogP) is 4.13. The molecule has 2 aromatic carbocycles. The van der Waals surface area contributed by atoms with Crippen molar-refractivity contribution in [2.75, 3.05) is 5.32 Å². The molecule has 0 atom stereocenters. The Bertz CT molecular complexity index is 1320. The van der Waals surface area contributed by atoms with Gasteiger partial charge in [-0.25, -0.2) is 4.52 Å². The van der Waals surface area contributed by atoms with E-state index in [1.165, 1.54) is 29.0 Å². The summed E-state index contributed by atoms with van der Waals surface area (Å²) in [6, 6.07) is 13.9. The summed E-state index contributed by atoms with van der Waals surface area (Å²) in [7, 11) is 0. The van der Waals surface area contributed by atoms with Crippen molar-refractivity contribution in [3.8, 4) is 11.3 Å². The van der Waals surface area contributed by atoms with Crippen molar-refractivity contribution < 1.29 is 18.0 Å². The number of rotatable bonds is 4. The first-order valence-electron chi connectivity index (χ1n) is 9.34. The zero-order chi connectivity index (χ0) is 22.2. The molecule has 4 aromatic rings. The first kappa shape index (κ1) is 20.4. The van der Waals surface area contributed by atoms with Gasteiger partial charge in [-0.1, -0.05) is 42.0 Å². The van der Waals surface area contributed by atoms with Crippen LogP contribution in [0.15, 0.2) is 71.8 Å². The average Bonchev–Trinajstić information content (AvgIpc) is 3.15. The van der Waals surface area contributed by atoms with E-state index in [-0.39, 0.29) is 11.2 Å². The number of para-hydroxylation sites is 1. The fraction of sp³-hybridized carbons (Fsp3) is 0.136. The van der Waals surface area contributed by atoms with Gasteiger partial charge >= 0.3 is 6.18 Å². The number of nitrogens with one attached hydrogen (secondary N) is 1. The van der Waals surface area contributed by atoms with Crippen molar-refractivity contribution in [2.45, 2.75) is 19.6 Å². The van der Waals surface area contributed by atoms with Crippen LogP contribution >= 0.6 is 0 Å². The molecule has 158 valence electrons. The summed E-state index contributed by atoms with van der Waals surface area (Å²) in [4.78, 5) is 25.1. The monoisotopic (exact) mass is 426 g/mol. The highest BCUT2D eigenvalue weighted by Crippen LogP contribution is 2.34. The zero-order valence-electron chi connectivity index (χ0n) is 16.3. The van der Waals surface area contributed by atoms with Crippen LogP contribution in [-0.2, 0) is 17.5 Å². The maximum absolute atomic E-state index is 13.1. The third-order valence-electron chi connectivity index (χ3n) is 4.77. The molecule has 0 aliphatic heterocycles. The third-order valence-corrected chi connectivity index (χ3v) is 4.77. The van der Waals surface area contributed by atoms with Gasteiger partial charge in [-0.15, -0.1) is 0 Å². The summed E-state index contributed by atoms with van der Waals surface area (Å²) < 4.78 is 41.9. The normalized spacial score (nSPS) is 11.6. The van der Waals surface area contributed by atoms with Crippen LogP contribution in [-0.4, -0.2) is 20.1 Å². The molecule has 2 heterocycles. The molecule has 6 nitrogen and oxygen atoms in total. The van der Waals surface area contributed by atoms with Gasteiger partial charge in [0.2, 0.25) is 5.91 Å². The molecule has 1 N–H and O–H groups in total. The second-order valence-corrected chi connectivity index (χ2v) is 7.05. The number of hydrogen-bond donors (Lipinski definition) is 1. The highest BCUT2D eigenvalue weighted by Gasteiger charge is 2.33. The van der Waals surface area contributed by atoms with Crippen LogP contribution in [0.1, 0.15) is 11.1 Å². The van der Waals surface area contributed by atoms with Crippen molar-refractivity contribution in [3.63, 3.8) is 0 Å². The molecule has 0 aliphatic carbocycles. The number of nitrogens with zero attached hydrogens (tertiary/aromatic N) is 3. The minimum Gasteiger partial charge on any atom is -0.324 e. The van der Waals surface area contributed by atoms with Crippen molar-refractivity contribution in [1.82, 2.24) is 14.2 Å². The topological polar surface area (TPSA) is 68.4 Å². The number of anilines is 1. The highest BCUT2D eigenvalue weighted by atomic mass is 19.4. The maximum atomic E-state index is 13.1. The fourth-order valence-electron chi connectivity index (χ4n) is 3.20. The Morgan fingerprint density at radius 2 is 1.77 bits per heavy atom. The smallest absolute Gasteiger partial charge is 0.324 e. The minimum absolute atomic E-state index is 0.251. The molecule has 1 amide bonds. The largest absolute Gasteiger partial charge is 0.418 e. The molecule has 0 radical (unpaired) electrons. The molecule has 2 aromatic heterocycles.